The van der Waals surface area contributed by atoms with Crippen LogP contribution in [-0.4, -0.2) is 48.1 Å². The van der Waals surface area contributed by atoms with Crippen molar-refractivity contribution in [2.45, 2.75) is 32.8 Å². The summed E-state index contributed by atoms with van der Waals surface area (Å²) in [7, 11) is 0. The Morgan fingerprint density at radius 3 is 2.35 bits per heavy atom. The number of rotatable bonds is 5. The molecule has 1 aliphatic rings. The molecule has 0 aliphatic carbocycles. The highest BCUT2D eigenvalue weighted by Gasteiger charge is 2.27. The van der Waals surface area contributed by atoms with E-state index in [2.05, 4.69) is 29.8 Å². The predicted molar refractivity (Wildman–Crippen MR) is 104 cm³/mol. The Labute approximate surface area is 155 Å². The molecule has 3 rings (SSSR count). The molecule has 0 bridgehead atoms. The van der Waals surface area contributed by atoms with Gasteiger partial charge in [0, 0.05) is 32.4 Å². The summed E-state index contributed by atoms with van der Waals surface area (Å²) < 4.78 is 6.02. The highest BCUT2D eigenvalue weighted by Crippen LogP contribution is 2.27. The maximum Gasteiger partial charge on any atom is 0.263 e. The van der Waals surface area contributed by atoms with E-state index in [1.54, 1.807) is 6.20 Å². The fraction of sp³-hybridized carbons (Fsp3) is 0.429. The van der Waals surface area contributed by atoms with Crippen LogP contribution in [0.15, 0.2) is 48.7 Å². The minimum Gasteiger partial charge on any atom is -0.481 e. The van der Waals surface area contributed by atoms with Crippen LogP contribution in [0.2, 0.25) is 0 Å². The molecule has 138 valence electrons. The first-order valence-electron chi connectivity index (χ1n) is 9.26. The number of anilines is 1. The van der Waals surface area contributed by atoms with Crippen molar-refractivity contribution in [1.29, 1.82) is 0 Å². The number of para-hydroxylation sites is 1. The number of carbonyl (C=O) groups excluding carboxylic acids is 1. The van der Waals surface area contributed by atoms with Gasteiger partial charge in [0.2, 0.25) is 0 Å². The van der Waals surface area contributed by atoms with Gasteiger partial charge < -0.3 is 14.5 Å². The molecule has 1 fully saturated rings. The van der Waals surface area contributed by atoms with Crippen molar-refractivity contribution >= 4 is 11.7 Å². The van der Waals surface area contributed by atoms with E-state index in [1.165, 1.54) is 0 Å². The smallest absolute Gasteiger partial charge is 0.263 e. The van der Waals surface area contributed by atoms with E-state index in [0.29, 0.717) is 19.0 Å². The van der Waals surface area contributed by atoms with Gasteiger partial charge in [0.1, 0.15) is 11.6 Å². The molecule has 2 heterocycles. The fourth-order valence-electron chi connectivity index (χ4n) is 3.26. The van der Waals surface area contributed by atoms with Gasteiger partial charge in [0.05, 0.1) is 0 Å². The molecule has 0 spiro atoms. The second kappa shape index (κ2) is 8.21. The number of carbonyl (C=O) groups is 1. The zero-order valence-electron chi connectivity index (χ0n) is 15.8. The second-order valence-electron chi connectivity index (χ2n) is 6.95. The van der Waals surface area contributed by atoms with Crippen LogP contribution in [0, 0.1) is 0 Å². The van der Waals surface area contributed by atoms with Gasteiger partial charge in [-0.15, -0.1) is 0 Å². The Hall–Kier alpha value is -2.56. The van der Waals surface area contributed by atoms with E-state index in [9.17, 15) is 4.79 Å². The Morgan fingerprint density at radius 1 is 1.00 bits per heavy atom. The summed E-state index contributed by atoms with van der Waals surface area (Å²) in [6.45, 7) is 9.06. The van der Waals surface area contributed by atoms with Crippen LogP contribution in [0.5, 0.6) is 5.75 Å². The van der Waals surface area contributed by atoms with Gasteiger partial charge in [-0.05, 0) is 36.6 Å². The number of ether oxygens (including phenoxy) is 1. The van der Waals surface area contributed by atoms with Gasteiger partial charge in [-0.2, -0.15) is 0 Å². The van der Waals surface area contributed by atoms with Gasteiger partial charge in [-0.3, -0.25) is 4.79 Å². The molecule has 1 saturated heterocycles. The molecule has 1 aromatic carbocycles. The van der Waals surface area contributed by atoms with E-state index in [0.717, 1.165) is 30.2 Å². The van der Waals surface area contributed by atoms with Gasteiger partial charge in [0.15, 0.2) is 6.10 Å². The average Bonchev–Trinajstić information content (AvgIpc) is 2.68. The van der Waals surface area contributed by atoms with Crippen molar-refractivity contribution in [3.05, 3.63) is 54.2 Å². The van der Waals surface area contributed by atoms with Crippen molar-refractivity contribution in [1.82, 2.24) is 9.88 Å². The summed E-state index contributed by atoms with van der Waals surface area (Å²) >= 11 is 0. The number of amides is 1. The van der Waals surface area contributed by atoms with E-state index < -0.39 is 6.10 Å². The Kier molecular flexibility index (Phi) is 5.76. The standard InChI is InChI=1S/C21H27N3O2/c1-16(2)18-8-4-5-9-19(18)26-17(3)21(25)24-14-12-23(13-15-24)20-10-6-7-11-22-20/h4-11,16-17H,12-15H2,1-3H3. The number of hydrogen-bond donors (Lipinski definition) is 0. The molecule has 0 N–H and O–H groups in total. The van der Waals surface area contributed by atoms with Gasteiger partial charge in [-0.1, -0.05) is 38.1 Å². The average molecular weight is 353 g/mol. The Bertz CT molecular complexity index is 725. The lowest BCUT2D eigenvalue weighted by Gasteiger charge is -2.36. The molecule has 5 nitrogen and oxygen atoms in total. The maximum atomic E-state index is 12.8. The summed E-state index contributed by atoms with van der Waals surface area (Å²) in [6, 6.07) is 13.9. The normalized spacial score (nSPS) is 15.8. The molecule has 5 heteroatoms. The molecular weight excluding hydrogens is 326 g/mol. The number of nitrogens with zero attached hydrogens (tertiary/aromatic N) is 3. The summed E-state index contributed by atoms with van der Waals surface area (Å²) in [5.41, 5.74) is 1.13. The Balaban J connectivity index is 1.58. The summed E-state index contributed by atoms with van der Waals surface area (Å²) in [5.74, 6) is 2.17. The van der Waals surface area contributed by atoms with Crippen LogP contribution in [-0.2, 0) is 4.79 Å². The first-order chi connectivity index (χ1) is 12.6. The predicted octanol–water partition coefficient (Wildman–Crippen LogP) is 3.32. The van der Waals surface area contributed by atoms with Crippen LogP contribution in [0.3, 0.4) is 0 Å². The van der Waals surface area contributed by atoms with Crippen molar-refractivity contribution < 1.29 is 9.53 Å². The molecule has 0 saturated carbocycles. The second-order valence-corrected chi connectivity index (χ2v) is 6.95. The lowest BCUT2D eigenvalue weighted by Crippen LogP contribution is -2.52. The van der Waals surface area contributed by atoms with Crippen molar-refractivity contribution in [3.63, 3.8) is 0 Å². The first-order valence-corrected chi connectivity index (χ1v) is 9.26. The molecule has 0 radical (unpaired) electrons. The first kappa shape index (κ1) is 18.2. The van der Waals surface area contributed by atoms with Crippen LogP contribution in [0.1, 0.15) is 32.3 Å². The van der Waals surface area contributed by atoms with E-state index >= 15 is 0 Å². The molecule has 1 atom stereocenters. The summed E-state index contributed by atoms with van der Waals surface area (Å²) in [6.07, 6.45) is 1.31. The molecule has 1 unspecified atom stereocenters. The van der Waals surface area contributed by atoms with Gasteiger partial charge in [0.25, 0.3) is 5.91 Å². The number of pyridine rings is 1. The zero-order chi connectivity index (χ0) is 18.5. The third kappa shape index (κ3) is 4.15. The molecule has 1 aromatic heterocycles. The number of piperazine rings is 1. The molecule has 1 amide bonds. The summed E-state index contributed by atoms with van der Waals surface area (Å²) in [4.78, 5) is 21.3. The Morgan fingerprint density at radius 2 is 1.69 bits per heavy atom. The van der Waals surface area contributed by atoms with Crippen LogP contribution in [0.25, 0.3) is 0 Å². The zero-order valence-corrected chi connectivity index (χ0v) is 15.8. The van der Waals surface area contributed by atoms with Crippen LogP contribution < -0.4 is 9.64 Å². The minimum absolute atomic E-state index is 0.0456. The SMILES string of the molecule is CC(Oc1ccccc1C(C)C)C(=O)N1CCN(c2ccccn2)CC1. The van der Waals surface area contributed by atoms with Gasteiger partial charge >= 0.3 is 0 Å². The molecule has 26 heavy (non-hydrogen) atoms. The quantitative estimate of drug-likeness (QED) is 0.827. The van der Waals surface area contributed by atoms with Crippen molar-refractivity contribution in [3.8, 4) is 5.75 Å². The molecular formula is C21H27N3O2. The minimum atomic E-state index is -0.490. The van der Waals surface area contributed by atoms with E-state index in [1.807, 2.05) is 48.2 Å². The lowest BCUT2D eigenvalue weighted by molar-refractivity contribution is -0.138. The van der Waals surface area contributed by atoms with E-state index in [-0.39, 0.29) is 5.91 Å². The van der Waals surface area contributed by atoms with E-state index in [4.69, 9.17) is 4.74 Å². The van der Waals surface area contributed by atoms with Gasteiger partial charge in [-0.25, -0.2) is 4.98 Å². The number of aromatic nitrogens is 1. The molecule has 2 aromatic rings. The van der Waals surface area contributed by atoms with Crippen molar-refractivity contribution in [2.75, 3.05) is 31.1 Å². The fourth-order valence-corrected chi connectivity index (χ4v) is 3.26. The maximum absolute atomic E-state index is 12.8. The van der Waals surface area contributed by atoms with Crippen LogP contribution >= 0.6 is 0 Å². The van der Waals surface area contributed by atoms with Crippen LogP contribution in [0.4, 0.5) is 5.82 Å². The lowest BCUT2D eigenvalue weighted by atomic mass is 10.0. The third-order valence-electron chi connectivity index (χ3n) is 4.76. The number of benzene rings is 1. The highest BCUT2D eigenvalue weighted by molar-refractivity contribution is 5.81. The molecule has 1 aliphatic heterocycles. The third-order valence-corrected chi connectivity index (χ3v) is 4.76. The number of hydrogen-bond acceptors (Lipinski definition) is 4. The highest BCUT2D eigenvalue weighted by atomic mass is 16.5. The topological polar surface area (TPSA) is 45.7 Å². The largest absolute Gasteiger partial charge is 0.481 e. The van der Waals surface area contributed by atoms with Crippen molar-refractivity contribution in [2.24, 2.45) is 0 Å². The monoisotopic (exact) mass is 353 g/mol. The summed E-state index contributed by atoms with van der Waals surface area (Å²) in [5, 5.41) is 0.